The van der Waals surface area contributed by atoms with Crippen LogP contribution in [-0.4, -0.2) is 50.1 Å². The summed E-state index contributed by atoms with van der Waals surface area (Å²) in [7, 11) is 1.68. The molecule has 0 saturated carbocycles. The minimum Gasteiger partial charge on any atom is -0.359 e. The van der Waals surface area contributed by atoms with Gasteiger partial charge in [-0.2, -0.15) is 0 Å². The third-order valence-corrected chi connectivity index (χ3v) is 3.01. The topological polar surface area (TPSA) is 44.4 Å². The molecule has 2 N–H and O–H groups in total. The molecule has 4 heteroatoms. The third-order valence-electron chi connectivity index (χ3n) is 3.01. The first-order valence-corrected chi connectivity index (χ1v) is 5.89. The highest BCUT2D eigenvalue weighted by Crippen LogP contribution is 2.10. The minimum atomic E-state index is 0.108. The summed E-state index contributed by atoms with van der Waals surface area (Å²) in [6, 6.07) is 0.595. The summed E-state index contributed by atoms with van der Waals surface area (Å²) in [5.41, 5.74) is 0. The molecule has 1 heterocycles. The van der Waals surface area contributed by atoms with Crippen molar-refractivity contribution >= 4 is 5.91 Å². The van der Waals surface area contributed by atoms with Gasteiger partial charge in [0.1, 0.15) is 0 Å². The predicted molar refractivity (Wildman–Crippen MR) is 61.8 cm³/mol. The number of carbonyl (C=O) groups excluding carboxylic acids is 1. The maximum Gasteiger partial charge on any atom is 0.221 e. The molecule has 15 heavy (non-hydrogen) atoms. The summed E-state index contributed by atoms with van der Waals surface area (Å²) in [6.45, 7) is 6.48. The highest BCUT2D eigenvalue weighted by molar-refractivity contribution is 5.75. The van der Waals surface area contributed by atoms with Gasteiger partial charge in [0, 0.05) is 32.6 Å². The van der Waals surface area contributed by atoms with Gasteiger partial charge in [-0.1, -0.05) is 0 Å². The van der Waals surface area contributed by atoms with E-state index in [0.29, 0.717) is 12.5 Å². The molecular formula is C11H23N3O. The lowest BCUT2D eigenvalue weighted by atomic mass is 10.3. The largest absolute Gasteiger partial charge is 0.359 e. The fourth-order valence-corrected chi connectivity index (χ4v) is 1.95. The predicted octanol–water partition coefficient (Wildman–Crippen LogP) is 0.196. The van der Waals surface area contributed by atoms with Crippen molar-refractivity contribution in [2.75, 3.05) is 33.2 Å². The standard InChI is InChI=1S/C11H23N3O/c1-10(14-7-3-4-8-14)9-13-6-5-11(15)12-2/h10,13H,3-9H2,1-2H3,(H,12,15). The first kappa shape index (κ1) is 12.5. The second kappa shape index (κ2) is 6.80. The lowest BCUT2D eigenvalue weighted by Crippen LogP contribution is -2.39. The van der Waals surface area contributed by atoms with Crippen molar-refractivity contribution < 1.29 is 4.79 Å². The Morgan fingerprint density at radius 3 is 2.67 bits per heavy atom. The van der Waals surface area contributed by atoms with E-state index >= 15 is 0 Å². The molecule has 1 rings (SSSR count). The third kappa shape index (κ3) is 4.62. The zero-order valence-electron chi connectivity index (χ0n) is 9.88. The molecule has 0 aliphatic carbocycles. The maximum atomic E-state index is 11.0. The highest BCUT2D eigenvalue weighted by atomic mass is 16.1. The fourth-order valence-electron chi connectivity index (χ4n) is 1.95. The first-order valence-electron chi connectivity index (χ1n) is 5.89. The molecule has 1 aliphatic rings. The number of amides is 1. The van der Waals surface area contributed by atoms with E-state index in [1.165, 1.54) is 25.9 Å². The second-order valence-electron chi connectivity index (χ2n) is 4.22. The SMILES string of the molecule is CNC(=O)CCNCC(C)N1CCCC1. The molecule has 0 radical (unpaired) electrons. The quantitative estimate of drug-likeness (QED) is 0.619. The van der Waals surface area contributed by atoms with Crippen LogP contribution in [0.15, 0.2) is 0 Å². The summed E-state index contributed by atoms with van der Waals surface area (Å²) in [4.78, 5) is 13.5. The van der Waals surface area contributed by atoms with Gasteiger partial charge in [0.25, 0.3) is 0 Å². The number of likely N-dealkylation sites (tertiary alicyclic amines) is 1. The van der Waals surface area contributed by atoms with Gasteiger partial charge in [-0.15, -0.1) is 0 Å². The minimum absolute atomic E-state index is 0.108. The normalized spacial score (nSPS) is 19.1. The van der Waals surface area contributed by atoms with Crippen LogP contribution in [0.4, 0.5) is 0 Å². The summed E-state index contributed by atoms with van der Waals surface area (Å²) >= 11 is 0. The molecule has 88 valence electrons. The van der Waals surface area contributed by atoms with Crippen LogP contribution in [0.2, 0.25) is 0 Å². The van der Waals surface area contributed by atoms with Gasteiger partial charge in [-0.05, 0) is 32.9 Å². The molecule has 0 aromatic rings. The van der Waals surface area contributed by atoms with Crippen LogP contribution in [0.5, 0.6) is 0 Å². The number of nitrogens with one attached hydrogen (secondary N) is 2. The molecule has 1 aliphatic heterocycles. The Labute approximate surface area is 92.4 Å². The molecule has 1 fully saturated rings. The zero-order valence-corrected chi connectivity index (χ0v) is 9.88. The molecule has 0 spiro atoms. The Morgan fingerprint density at radius 2 is 2.07 bits per heavy atom. The first-order chi connectivity index (χ1) is 7.24. The van der Waals surface area contributed by atoms with Crippen molar-refractivity contribution in [1.29, 1.82) is 0 Å². The van der Waals surface area contributed by atoms with Gasteiger partial charge in [0.05, 0.1) is 0 Å². The Morgan fingerprint density at radius 1 is 1.40 bits per heavy atom. The molecular weight excluding hydrogens is 190 g/mol. The Bertz CT molecular complexity index is 190. The van der Waals surface area contributed by atoms with Crippen molar-refractivity contribution in [1.82, 2.24) is 15.5 Å². The molecule has 1 unspecified atom stereocenters. The van der Waals surface area contributed by atoms with Gasteiger partial charge >= 0.3 is 0 Å². The van der Waals surface area contributed by atoms with Gasteiger partial charge in [0.2, 0.25) is 5.91 Å². The maximum absolute atomic E-state index is 11.0. The molecule has 0 bridgehead atoms. The Hall–Kier alpha value is -0.610. The van der Waals surface area contributed by atoms with Gasteiger partial charge in [0.15, 0.2) is 0 Å². The average molecular weight is 213 g/mol. The van der Waals surface area contributed by atoms with E-state index in [2.05, 4.69) is 22.5 Å². The Kier molecular flexibility index (Phi) is 5.65. The summed E-state index contributed by atoms with van der Waals surface area (Å²) in [6.07, 6.45) is 3.24. The summed E-state index contributed by atoms with van der Waals surface area (Å²) < 4.78 is 0. The van der Waals surface area contributed by atoms with Crippen molar-refractivity contribution in [2.24, 2.45) is 0 Å². The summed E-state index contributed by atoms with van der Waals surface area (Å²) in [5, 5.41) is 5.94. The smallest absolute Gasteiger partial charge is 0.221 e. The monoisotopic (exact) mass is 213 g/mol. The van der Waals surface area contributed by atoms with Crippen LogP contribution in [0.3, 0.4) is 0 Å². The molecule has 1 atom stereocenters. The summed E-state index contributed by atoms with van der Waals surface area (Å²) in [5.74, 6) is 0.108. The fraction of sp³-hybridized carbons (Fsp3) is 0.909. The second-order valence-corrected chi connectivity index (χ2v) is 4.22. The van der Waals surface area contributed by atoms with Crippen molar-refractivity contribution in [3.05, 3.63) is 0 Å². The van der Waals surface area contributed by atoms with E-state index in [1.807, 2.05) is 0 Å². The lowest BCUT2D eigenvalue weighted by molar-refractivity contribution is -0.120. The van der Waals surface area contributed by atoms with Crippen molar-refractivity contribution in [2.45, 2.75) is 32.2 Å². The van der Waals surface area contributed by atoms with Crippen LogP contribution in [0.1, 0.15) is 26.2 Å². The van der Waals surface area contributed by atoms with Crippen LogP contribution in [-0.2, 0) is 4.79 Å². The van der Waals surface area contributed by atoms with Crippen LogP contribution in [0.25, 0.3) is 0 Å². The molecule has 0 aromatic heterocycles. The number of nitrogens with zero attached hydrogens (tertiary/aromatic N) is 1. The van der Waals surface area contributed by atoms with E-state index < -0.39 is 0 Å². The molecule has 1 amide bonds. The van der Waals surface area contributed by atoms with Gasteiger partial charge in [-0.3, -0.25) is 9.69 Å². The van der Waals surface area contributed by atoms with Crippen LogP contribution < -0.4 is 10.6 Å². The van der Waals surface area contributed by atoms with E-state index in [0.717, 1.165) is 13.1 Å². The lowest BCUT2D eigenvalue weighted by Gasteiger charge is -2.23. The molecule has 0 aromatic carbocycles. The molecule has 1 saturated heterocycles. The van der Waals surface area contributed by atoms with Crippen molar-refractivity contribution in [3.8, 4) is 0 Å². The van der Waals surface area contributed by atoms with Crippen molar-refractivity contribution in [3.63, 3.8) is 0 Å². The number of hydrogen-bond acceptors (Lipinski definition) is 3. The van der Waals surface area contributed by atoms with Gasteiger partial charge < -0.3 is 10.6 Å². The number of hydrogen-bond donors (Lipinski definition) is 2. The number of rotatable bonds is 6. The van der Waals surface area contributed by atoms with E-state index in [4.69, 9.17) is 0 Å². The average Bonchev–Trinajstić information content (AvgIpc) is 2.77. The van der Waals surface area contributed by atoms with E-state index in [9.17, 15) is 4.79 Å². The number of carbonyl (C=O) groups is 1. The van der Waals surface area contributed by atoms with Gasteiger partial charge in [-0.25, -0.2) is 0 Å². The van der Waals surface area contributed by atoms with E-state index in [1.54, 1.807) is 7.05 Å². The van der Waals surface area contributed by atoms with E-state index in [-0.39, 0.29) is 5.91 Å². The molecule has 4 nitrogen and oxygen atoms in total. The van der Waals surface area contributed by atoms with Crippen LogP contribution >= 0.6 is 0 Å². The highest BCUT2D eigenvalue weighted by Gasteiger charge is 2.17. The Balaban J connectivity index is 2.01. The van der Waals surface area contributed by atoms with Crippen LogP contribution in [0, 0.1) is 0 Å². The zero-order chi connectivity index (χ0) is 11.1.